The molecular formula is C12H12F4N2O5S. The van der Waals surface area contributed by atoms with Crippen molar-refractivity contribution < 1.29 is 40.7 Å². The van der Waals surface area contributed by atoms with Gasteiger partial charge in [0.15, 0.2) is 0 Å². The third-order valence-electron chi connectivity index (χ3n) is 2.53. The molecule has 0 aliphatic carbocycles. The molecule has 1 rings (SSSR count). The topological polar surface area (TPSA) is 113 Å². The number of nitrogens with one attached hydrogen (secondary N) is 2. The average Bonchev–Trinajstić information content (AvgIpc) is 2.38. The molecule has 0 bridgehead atoms. The Morgan fingerprint density at radius 2 is 1.83 bits per heavy atom. The van der Waals surface area contributed by atoms with Crippen LogP contribution in [0.5, 0.6) is 0 Å². The van der Waals surface area contributed by atoms with Crippen molar-refractivity contribution in [3.8, 4) is 0 Å². The number of hydrogen-bond donors (Lipinski definition) is 3. The van der Waals surface area contributed by atoms with E-state index < -0.39 is 57.3 Å². The van der Waals surface area contributed by atoms with Crippen molar-refractivity contribution in [2.45, 2.75) is 12.6 Å². The maximum Gasteiger partial charge on any atom is 0.419 e. The standard InChI is InChI=1S/C12H12F4N2O5S/c13-9-2-1-7(5-8(9)12(14,15)16)18-24(22,23)6-10(19)17-4-3-11(20)21/h1-2,5,18H,3-4,6H2,(H,17,19)(H,20,21). The van der Waals surface area contributed by atoms with Crippen LogP contribution in [-0.4, -0.2) is 37.7 Å². The van der Waals surface area contributed by atoms with Crippen molar-refractivity contribution in [2.24, 2.45) is 0 Å². The van der Waals surface area contributed by atoms with Gasteiger partial charge in [0, 0.05) is 12.2 Å². The van der Waals surface area contributed by atoms with Crippen LogP contribution in [0.2, 0.25) is 0 Å². The summed E-state index contributed by atoms with van der Waals surface area (Å²) in [5.74, 6) is -4.95. The second kappa shape index (κ2) is 7.47. The van der Waals surface area contributed by atoms with Gasteiger partial charge in [-0.2, -0.15) is 13.2 Å². The predicted octanol–water partition coefficient (Wildman–Crippen LogP) is 1.18. The molecule has 0 heterocycles. The lowest BCUT2D eigenvalue weighted by molar-refractivity contribution is -0.140. The van der Waals surface area contributed by atoms with E-state index in [1.807, 2.05) is 5.32 Å². The molecule has 0 atom stereocenters. The monoisotopic (exact) mass is 372 g/mol. The van der Waals surface area contributed by atoms with E-state index in [1.165, 1.54) is 0 Å². The first kappa shape index (κ1) is 19.7. The molecule has 0 spiro atoms. The number of halogens is 4. The SMILES string of the molecule is O=C(O)CCNC(=O)CS(=O)(=O)Nc1ccc(F)c(C(F)(F)F)c1. The zero-order valence-corrected chi connectivity index (χ0v) is 12.7. The van der Waals surface area contributed by atoms with Crippen molar-refractivity contribution in [2.75, 3.05) is 17.0 Å². The van der Waals surface area contributed by atoms with Crippen LogP contribution in [0.3, 0.4) is 0 Å². The molecule has 0 radical (unpaired) electrons. The molecule has 0 fully saturated rings. The van der Waals surface area contributed by atoms with Crippen molar-refractivity contribution in [1.29, 1.82) is 0 Å². The van der Waals surface area contributed by atoms with E-state index in [0.29, 0.717) is 6.07 Å². The lowest BCUT2D eigenvalue weighted by Crippen LogP contribution is -2.34. The Hall–Kier alpha value is -2.37. The summed E-state index contributed by atoms with van der Waals surface area (Å²) in [7, 11) is -4.36. The van der Waals surface area contributed by atoms with E-state index in [4.69, 9.17) is 5.11 Å². The van der Waals surface area contributed by atoms with Crippen molar-refractivity contribution in [1.82, 2.24) is 5.32 Å². The number of carbonyl (C=O) groups is 2. The van der Waals surface area contributed by atoms with E-state index in [0.717, 1.165) is 6.07 Å². The van der Waals surface area contributed by atoms with Gasteiger partial charge in [0.25, 0.3) is 0 Å². The minimum atomic E-state index is -5.01. The lowest BCUT2D eigenvalue weighted by atomic mass is 10.2. The fraction of sp³-hybridized carbons (Fsp3) is 0.333. The van der Waals surface area contributed by atoms with Gasteiger partial charge in [0.05, 0.1) is 12.0 Å². The van der Waals surface area contributed by atoms with Gasteiger partial charge in [-0.1, -0.05) is 0 Å². The number of carboxylic acid groups (broad SMARTS) is 1. The maximum atomic E-state index is 13.1. The lowest BCUT2D eigenvalue weighted by Gasteiger charge is -2.12. The normalized spacial score (nSPS) is 11.8. The largest absolute Gasteiger partial charge is 0.481 e. The number of alkyl halides is 3. The van der Waals surface area contributed by atoms with Gasteiger partial charge in [-0.15, -0.1) is 0 Å². The van der Waals surface area contributed by atoms with Gasteiger partial charge in [0.1, 0.15) is 11.6 Å². The summed E-state index contributed by atoms with van der Waals surface area (Å²) in [5, 5.41) is 10.4. The van der Waals surface area contributed by atoms with Crippen LogP contribution in [-0.2, 0) is 25.8 Å². The first-order chi connectivity index (χ1) is 10.9. The van der Waals surface area contributed by atoms with E-state index in [9.17, 15) is 35.6 Å². The Bertz CT molecular complexity index is 733. The van der Waals surface area contributed by atoms with Crippen molar-refractivity contribution >= 4 is 27.6 Å². The number of anilines is 1. The molecule has 12 heteroatoms. The van der Waals surface area contributed by atoms with Gasteiger partial charge < -0.3 is 10.4 Å². The van der Waals surface area contributed by atoms with Gasteiger partial charge in [-0.25, -0.2) is 12.8 Å². The first-order valence-electron chi connectivity index (χ1n) is 6.26. The van der Waals surface area contributed by atoms with Crippen LogP contribution in [0.25, 0.3) is 0 Å². The third kappa shape index (κ3) is 6.40. The number of carboxylic acids is 1. The highest BCUT2D eigenvalue weighted by molar-refractivity contribution is 7.93. The molecule has 24 heavy (non-hydrogen) atoms. The highest BCUT2D eigenvalue weighted by atomic mass is 32.2. The highest BCUT2D eigenvalue weighted by Crippen LogP contribution is 2.33. The van der Waals surface area contributed by atoms with Gasteiger partial charge in [-0.05, 0) is 18.2 Å². The van der Waals surface area contributed by atoms with E-state index in [1.54, 1.807) is 4.72 Å². The number of amides is 1. The highest BCUT2D eigenvalue weighted by Gasteiger charge is 2.34. The predicted molar refractivity (Wildman–Crippen MR) is 74.1 cm³/mol. The summed E-state index contributed by atoms with van der Waals surface area (Å²) in [6.07, 6.45) is -5.44. The number of sulfonamides is 1. The van der Waals surface area contributed by atoms with Gasteiger partial charge in [0.2, 0.25) is 15.9 Å². The van der Waals surface area contributed by atoms with Gasteiger partial charge >= 0.3 is 12.1 Å². The van der Waals surface area contributed by atoms with Gasteiger partial charge in [-0.3, -0.25) is 14.3 Å². The van der Waals surface area contributed by atoms with Crippen molar-refractivity contribution in [3.05, 3.63) is 29.6 Å². The van der Waals surface area contributed by atoms with Crippen LogP contribution in [0, 0.1) is 5.82 Å². The first-order valence-corrected chi connectivity index (χ1v) is 7.91. The van der Waals surface area contributed by atoms with E-state index >= 15 is 0 Å². The molecule has 1 aromatic carbocycles. The smallest absolute Gasteiger partial charge is 0.419 e. The summed E-state index contributed by atoms with van der Waals surface area (Å²) in [5.41, 5.74) is -2.23. The summed E-state index contributed by atoms with van der Waals surface area (Å²) in [4.78, 5) is 21.6. The Morgan fingerprint density at radius 1 is 1.21 bits per heavy atom. The molecule has 0 saturated heterocycles. The quantitative estimate of drug-likeness (QED) is 0.622. The number of aliphatic carboxylic acids is 1. The minimum absolute atomic E-state index is 0.259. The maximum absolute atomic E-state index is 13.1. The molecule has 0 aliphatic heterocycles. The number of benzene rings is 1. The van der Waals surface area contributed by atoms with Crippen LogP contribution in [0.4, 0.5) is 23.2 Å². The third-order valence-corrected chi connectivity index (χ3v) is 3.72. The molecule has 1 aromatic rings. The Labute approximate surface area is 133 Å². The number of carbonyl (C=O) groups excluding carboxylic acids is 1. The zero-order valence-electron chi connectivity index (χ0n) is 11.9. The zero-order chi connectivity index (χ0) is 18.5. The molecule has 7 nitrogen and oxygen atoms in total. The molecule has 1 amide bonds. The molecule has 0 aliphatic rings. The van der Waals surface area contributed by atoms with Crippen LogP contribution >= 0.6 is 0 Å². The summed E-state index contributed by atoms with van der Waals surface area (Å²) < 4.78 is 75.8. The van der Waals surface area contributed by atoms with E-state index in [2.05, 4.69) is 0 Å². The fourth-order valence-corrected chi connectivity index (χ4v) is 2.56. The molecular weight excluding hydrogens is 360 g/mol. The molecule has 134 valence electrons. The van der Waals surface area contributed by atoms with Crippen LogP contribution in [0.1, 0.15) is 12.0 Å². The molecule has 0 saturated carbocycles. The van der Waals surface area contributed by atoms with Crippen molar-refractivity contribution in [3.63, 3.8) is 0 Å². The molecule has 0 unspecified atom stereocenters. The fourth-order valence-electron chi connectivity index (χ4n) is 1.55. The summed E-state index contributed by atoms with van der Waals surface area (Å²) >= 11 is 0. The molecule has 3 N–H and O–H groups in total. The summed E-state index contributed by atoms with van der Waals surface area (Å²) in [6.45, 7) is -0.307. The molecule has 0 aromatic heterocycles. The Morgan fingerprint density at radius 3 is 2.38 bits per heavy atom. The average molecular weight is 372 g/mol. The Kier molecular flexibility index (Phi) is 6.12. The summed E-state index contributed by atoms with van der Waals surface area (Å²) in [6, 6.07) is 1.47. The van der Waals surface area contributed by atoms with Crippen LogP contribution < -0.4 is 10.0 Å². The number of rotatable bonds is 7. The minimum Gasteiger partial charge on any atom is -0.481 e. The van der Waals surface area contributed by atoms with E-state index in [-0.39, 0.29) is 12.6 Å². The second-order valence-corrected chi connectivity index (χ2v) is 6.27. The number of hydrogen-bond acceptors (Lipinski definition) is 4. The Balaban J connectivity index is 2.77. The van der Waals surface area contributed by atoms with Crippen LogP contribution in [0.15, 0.2) is 18.2 Å². The second-order valence-electron chi connectivity index (χ2n) is 4.55.